The van der Waals surface area contributed by atoms with E-state index in [0.29, 0.717) is 29.5 Å². The summed E-state index contributed by atoms with van der Waals surface area (Å²) in [4.78, 5) is 8.18. The third-order valence-electron chi connectivity index (χ3n) is 12.2. The smallest absolute Gasteiger partial charge is 0.258 e. The van der Waals surface area contributed by atoms with E-state index in [2.05, 4.69) is 110 Å². The molecule has 4 heterocycles. The van der Waals surface area contributed by atoms with Crippen LogP contribution >= 0.6 is 11.6 Å². The molecule has 4 aromatic heterocycles. The van der Waals surface area contributed by atoms with Crippen LogP contribution in [0.2, 0.25) is 5.02 Å². The van der Waals surface area contributed by atoms with Crippen molar-refractivity contribution in [3.05, 3.63) is 193 Å². The van der Waals surface area contributed by atoms with Crippen LogP contribution in [0.4, 0.5) is 68.2 Å². The van der Waals surface area contributed by atoms with Gasteiger partial charge in [0.25, 0.3) is 40.5 Å². The van der Waals surface area contributed by atoms with Gasteiger partial charge in [0.15, 0.2) is 49.1 Å². The molecular weight excluding hydrogens is 1410 g/mol. The number of nitrogens with zero attached hydrogens (tertiary/aromatic N) is 16. The average molecular weight is 1500 g/mol. The number of hydrogen-bond acceptors (Lipinski definition) is 28. The monoisotopic (exact) mass is 1500 g/mol. The number of pyridine rings is 4. The van der Waals surface area contributed by atoms with Crippen molar-refractivity contribution in [3.63, 3.8) is 0 Å². The van der Waals surface area contributed by atoms with Gasteiger partial charge in [-0.05, 0) is 136 Å². The van der Waals surface area contributed by atoms with Crippen molar-refractivity contribution in [3.8, 4) is 0 Å². The molecule has 0 amide bonds. The van der Waals surface area contributed by atoms with E-state index in [1.54, 1.807) is 0 Å². The van der Waals surface area contributed by atoms with Crippen molar-refractivity contribution >= 4 is 120 Å². The molecule has 0 N–H and O–H groups in total. The zero-order valence-corrected chi connectivity index (χ0v) is 63.4. The Morgan fingerprint density at radius 2 is 0.733 bits per heavy atom. The summed E-state index contributed by atoms with van der Waals surface area (Å²) in [6.07, 6.45) is 15.8. The van der Waals surface area contributed by atoms with Crippen molar-refractivity contribution in [1.29, 1.82) is 0 Å². The highest BCUT2D eigenvalue weighted by Crippen LogP contribution is 2.31. The molecule has 0 aliphatic rings. The fraction of sp³-hybridized carbons (Fsp3) is 0.312. The van der Waals surface area contributed by atoms with Gasteiger partial charge in [-0.15, -0.1) is 25.6 Å². The lowest BCUT2D eigenvalue weighted by atomic mass is 10.2. The number of anilines is 4. The van der Waals surface area contributed by atoms with E-state index >= 15 is 0 Å². The lowest BCUT2D eigenvalue weighted by Gasteiger charge is -2.13. The molecule has 0 unspecified atom stereocenters. The molecule has 37 heteroatoms. The number of aryl methyl sites for hydroxylation is 6. The van der Waals surface area contributed by atoms with Gasteiger partial charge in [0.05, 0.1) is 46.6 Å². The van der Waals surface area contributed by atoms with Gasteiger partial charge >= 0.3 is 0 Å². The summed E-state index contributed by atoms with van der Waals surface area (Å²) in [5.74, 6) is -0.267. The molecule has 550 valence electrons. The molecular formula is C64H87ClN16O16S4. The molecule has 4 aromatic carbocycles. The minimum atomic E-state index is -3.72. The number of halogens is 1. The first-order valence-corrected chi connectivity index (χ1v) is 37.0. The minimum Gasteiger partial charge on any atom is -0.707 e. The molecule has 101 heavy (non-hydrogen) atoms. The maximum atomic E-state index is 9.83. The Labute approximate surface area is 597 Å². The second-order valence-electron chi connectivity index (χ2n) is 21.7. The highest BCUT2D eigenvalue weighted by atomic mass is 35.5. The van der Waals surface area contributed by atoms with Gasteiger partial charge in [-0.2, -0.15) is 15.3 Å². The summed E-state index contributed by atoms with van der Waals surface area (Å²) in [5.41, 5.74) is 13.5. The van der Waals surface area contributed by atoms with Crippen LogP contribution in [0.3, 0.4) is 0 Å². The van der Waals surface area contributed by atoms with Gasteiger partial charge < -0.3 is 58.0 Å². The van der Waals surface area contributed by atoms with Gasteiger partial charge in [0.1, 0.15) is 56.1 Å². The van der Waals surface area contributed by atoms with Crippen molar-refractivity contribution in [2.45, 2.75) is 34.2 Å². The number of aromatic nitrogens is 4. The van der Waals surface area contributed by atoms with E-state index in [0.717, 1.165) is 69.0 Å². The van der Waals surface area contributed by atoms with Crippen LogP contribution in [0.15, 0.2) is 218 Å². The quantitative estimate of drug-likeness (QED) is 0.0359. The number of benzene rings is 4. The van der Waals surface area contributed by atoms with E-state index in [1.165, 1.54) is 18.3 Å². The molecule has 0 aliphatic carbocycles. The fourth-order valence-electron chi connectivity index (χ4n) is 6.77. The standard InChI is InChI=1S/C16H21N4.C15H19N4.C14H16ClN4.C14H17N4.C2H6O4S.3CH4O4S/c1-5-20-10-6-7-14(12-20)17-18-16-9-8-15(19(3)4)11-13(16)2;1-12-5-6-14(11-19(12)4)17-16-13-7-9-15(10-8-13)18(2)3;1-18(2)12-6-7-14(13(15)9-12)17-16-11-5-4-8-19(3)10-11;1-17(2)14-8-6-12(7-9-14)15-16-13-5-4-10-18(3)11-13;1-2-7(4,5)6-3;3*1-6(3,4)5-2/h6-12H,5H2,1-4H3;5-11H,1-4H3;4-10H,1-3H3;4-11H,1-3H3;3H,2H2,1H3;3*2H,1H3/q4*+1;;;;/p-4. The Morgan fingerprint density at radius 1 is 0.406 bits per heavy atom. The van der Waals surface area contributed by atoms with Crippen molar-refractivity contribution in [2.75, 3.05) is 101 Å². The number of rotatable bonds is 18. The van der Waals surface area contributed by atoms with E-state index in [1.807, 2.05) is 261 Å². The summed E-state index contributed by atoms with van der Waals surface area (Å²) in [7, 11) is 7.10. The summed E-state index contributed by atoms with van der Waals surface area (Å²) in [6.45, 7) is 8.47. The summed E-state index contributed by atoms with van der Waals surface area (Å²) < 4.78 is 95.2. The van der Waals surface area contributed by atoms with Crippen LogP contribution in [-0.4, -0.2) is 115 Å². The molecule has 32 nitrogen and oxygen atoms in total. The van der Waals surface area contributed by atoms with Crippen molar-refractivity contribution in [1.82, 2.24) is 0 Å². The van der Waals surface area contributed by atoms with Crippen LogP contribution < -0.4 is 58.9 Å². The van der Waals surface area contributed by atoms with E-state index < -0.39 is 40.5 Å². The molecule has 8 aromatic rings. The molecule has 8 rings (SSSR count). The van der Waals surface area contributed by atoms with Crippen LogP contribution in [0.5, 0.6) is 0 Å². The fourth-order valence-corrected chi connectivity index (χ4v) is 7.08. The number of azo groups is 4. The summed E-state index contributed by atoms with van der Waals surface area (Å²) >= 11 is 6.19. The Kier molecular flexibility index (Phi) is 40.6. The molecule has 0 radical (unpaired) electrons. The molecule has 0 spiro atoms. The van der Waals surface area contributed by atoms with Crippen LogP contribution in [0.25, 0.3) is 0 Å². The summed E-state index contributed by atoms with van der Waals surface area (Å²) in [5, 5.41) is 70.2. The normalized spacial score (nSPS) is 11.1. The van der Waals surface area contributed by atoms with E-state index in [9.17, 15) is 33.7 Å². The SMILES string of the molecule is CCS(=O)(=O)O[O-].CC[n+]1cccc(N=Nc2ccc(N(C)C)cc2C)c1.CN(C)c1ccc(N=Nc2ccc[n+](C)c2)c(Cl)c1.CN(C)c1ccc(N=Nc2ccc[n+](C)c2)cc1.CS(=O)(=O)O[O-].CS(=O)(=O)O[O-].CS(=O)(=O)O[O-].Cc1ccc(N=Nc2ccc(N(C)C)cc2)c[n+]1C. The zero-order chi connectivity index (χ0) is 76.7. The zero-order valence-electron chi connectivity index (χ0n) is 59.4. The average Bonchev–Trinajstić information content (AvgIpc) is 0.875. The molecule has 0 saturated carbocycles. The third kappa shape index (κ3) is 40.6. The Bertz CT molecular complexity index is 4340. The van der Waals surface area contributed by atoms with Crippen LogP contribution in [-0.2, 0) is 85.5 Å². The Hall–Kier alpha value is -9.15. The Balaban J connectivity index is 0.000000605. The summed E-state index contributed by atoms with van der Waals surface area (Å²) in [6, 6.07) is 43.5. The van der Waals surface area contributed by atoms with Crippen LogP contribution in [0.1, 0.15) is 25.1 Å². The first-order valence-electron chi connectivity index (χ1n) is 29.6. The van der Waals surface area contributed by atoms with Gasteiger partial charge in [-0.3, -0.25) is 0 Å². The second-order valence-corrected chi connectivity index (χ2v) is 28.6. The first kappa shape index (κ1) is 89.9. The predicted octanol–water partition coefficient (Wildman–Crippen LogP) is 7.06. The lowest BCUT2D eigenvalue weighted by molar-refractivity contribution is -0.693. The maximum absolute atomic E-state index is 9.83. The van der Waals surface area contributed by atoms with Crippen LogP contribution in [0, 0.1) is 13.8 Å². The maximum Gasteiger partial charge on any atom is 0.258 e. The number of hydrogen-bond donors (Lipinski definition) is 0. The second kappa shape index (κ2) is 45.6. The van der Waals surface area contributed by atoms with Crippen molar-refractivity contribution in [2.24, 2.45) is 62.1 Å². The molecule has 0 fully saturated rings. The molecule has 0 atom stereocenters. The van der Waals surface area contributed by atoms with Crippen molar-refractivity contribution < 1.29 is 90.3 Å². The van der Waals surface area contributed by atoms with E-state index in [-0.39, 0.29) is 5.75 Å². The molecule has 0 bridgehead atoms. The Morgan fingerprint density at radius 3 is 1.06 bits per heavy atom. The molecule has 0 aliphatic heterocycles. The van der Waals surface area contributed by atoms with Gasteiger partial charge in [-0.25, -0.2) is 51.9 Å². The van der Waals surface area contributed by atoms with E-state index in [4.69, 9.17) is 32.6 Å². The predicted molar refractivity (Wildman–Crippen MR) is 378 cm³/mol. The minimum absolute atomic E-state index is 0.267. The largest absolute Gasteiger partial charge is 0.707 e. The van der Waals surface area contributed by atoms with Gasteiger partial charge in [-0.1, -0.05) is 11.6 Å². The first-order chi connectivity index (χ1) is 47.2. The highest BCUT2D eigenvalue weighted by molar-refractivity contribution is 7.86. The lowest BCUT2D eigenvalue weighted by Crippen LogP contribution is -2.30. The topological polar surface area (TPSA) is 393 Å². The highest BCUT2D eigenvalue weighted by Gasteiger charge is 2.07. The van der Waals surface area contributed by atoms with Gasteiger partial charge in [0.2, 0.25) is 0 Å². The molecule has 0 saturated heterocycles. The van der Waals surface area contributed by atoms with Gasteiger partial charge in [0, 0.05) is 110 Å². The third-order valence-corrected chi connectivity index (χ3v) is 14.2.